The number of rotatable bonds is 4. The first-order chi connectivity index (χ1) is 21.0. The van der Waals surface area contributed by atoms with Gasteiger partial charge in [-0.05, 0) is 59.4 Å². The number of aryl methyl sites for hydroxylation is 1. The predicted molar refractivity (Wildman–Crippen MR) is 177 cm³/mol. The fourth-order valence-electron chi connectivity index (χ4n) is 6.45. The van der Waals surface area contributed by atoms with Crippen LogP contribution >= 0.6 is 34.5 Å². The summed E-state index contributed by atoms with van der Waals surface area (Å²) in [6, 6.07) is 32.7. The summed E-state index contributed by atoms with van der Waals surface area (Å²) in [5, 5.41) is 2.16. The normalized spacial score (nSPS) is 16.1. The lowest BCUT2D eigenvalue weighted by Crippen LogP contribution is -2.38. The van der Waals surface area contributed by atoms with Crippen molar-refractivity contribution in [2.45, 2.75) is 25.4 Å². The molecule has 0 saturated heterocycles. The molecule has 0 fully saturated rings. The van der Waals surface area contributed by atoms with Gasteiger partial charge in [0, 0.05) is 34.8 Å². The van der Waals surface area contributed by atoms with Crippen molar-refractivity contribution < 1.29 is 0 Å². The zero-order valence-corrected chi connectivity index (χ0v) is 25.3. The van der Waals surface area contributed by atoms with E-state index in [1.54, 1.807) is 0 Å². The van der Waals surface area contributed by atoms with E-state index in [9.17, 15) is 4.79 Å². The van der Waals surface area contributed by atoms with Gasteiger partial charge in [-0.15, -0.1) is 0 Å². The number of halogens is 2. The van der Waals surface area contributed by atoms with Crippen LogP contribution in [0.25, 0.3) is 22.7 Å². The van der Waals surface area contributed by atoms with Crippen LogP contribution < -0.4 is 14.9 Å². The maximum absolute atomic E-state index is 14.3. The molecule has 0 bridgehead atoms. The van der Waals surface area contributed by atoms with Gasteiger partial charge < -0.3 is 4.57 Å². The van der Waals surface area contributed by atoms with E-state index >= 15 is 0 Å². The van der Waals surface area contributed by atoms with Crippen LogP contribution in [-0.2, 0) is 13.0 Å². The van der Waals surface area contributed by atoms with E-state index in [-0.39, 0.29) is 11.6 Å². The maximum Gasteiger partial charge on any atom is 0.271 e. The van der Waals surface area contributed by atoms with E-state index in [2.05, 4.69) is 59.3 Å². The Balaban J connectivity index is 1.30. The van der Waals surface area contributed by atoms with Crippen LogP contribution in [0.3, 0.4) is 0 Å². The average molecular weight is 619 g/mol. The first-order valence-corrected chi connectivity index (χ1v) is 15.8. The van der Waals surface area contributed by atoms with E-state index in [0.29, 0.717) is 21.1 Å². The lowest BCUT2D eigenvalue weighted by Gasteiger charge is -2.30. The lowest BCUT2D eigenvalue weighted by atomic mass is 9.83. The summed E-state index contributed by atoms with van der Waals surface area (Å²) in [5.74, 6) is 0. The number of hydrogen-bond acceptors (Lipinski definition) is 3. The van der Waals surface area contributed by atoms with Crippen molar-refractivity contribution in [2.75, 3.05) is 0 Å². The summed E-state index contributed by atoms with van der Waals surface area (Å²) in [4.78, 5) is 20.1. The minimum Gasteiger partial charge on any atom is -0.342 e. The summed E-state index contributed by atoms with van der Waals surface area (Å²) in [6.07, 6.45) is 5.95. The maximum atomic E-state index is 14.3. The van der Waals surface area contributed by atoms with Crippen LogP contribution in [0.15, 0.2) is 119 Å². The zero-order valence-electron chi connectivity index (χ0n) is 23.0. The van der Waals surface area contributed by atoms with Crippen molar-refractivity contribution in [3.8, 4) is 0 Å². The lowest BCUT2D eigenvalue weighted by molar-refractivity contribution is 0.585. The molecule has 210 valence electrons. The molecule has 0 N–H and O–H groups in total. The van der Waals surface area contributed by atoms with Gasteiger partial charge in [0.2, 0.25) is 0 Å². The monoisotopic (exact) mass is 617 g/mol. The fraction of sp³-hybridized carbons (Fsp3) is 0.111. The molecule has 2 aromatic heterocycles. The van der Waals surface area contributed by atoms with Crippen LogP contribution in [-0.4, -0.2) is 9.13 Å². The highest BCUT2D eigenvalue weighted by molar-refractivity contribution is 7.07. The van der Waals surface area contributed by atoms with Crippen molar-refractivity contribution in [1.29, 1.82) is 0 Å². The molecule has 8 rings (SSSR count). The summed E-state index contributed by atoms with van der Waals surface area (Å²) < 4.78 is 4.78. The number of para-hydroxylation sites is 1. The summed E-state index contributed by atoms with van der Waals surface area (Å²) >= 11 is 13.9. The molecule has 43 heavy (non-hydrogen) atoms. The summed E-state index contributed by atoms with van der Waals surface area (Å²) in [5.41, 5.74) is 8.93. The second kappa shape index (κ2) is 10.5. The molecular weight excluding hydrogens is 593 g/mol. The topological polar surface area (TPSA) is 39.3 Å². The van der Waals surface area contributed by atoms with Gasteiger partial charge in [0.1, 0.15) is 0 Å². The van der Waals surface area contributed by atoms with Crippen LogP contribution in [0.5, 0.6) is 0 Å². The van der Waals surface area contributed by atoms with Crippen LogP contribution in [0.2, 0.25) is 10.0 Å². The molecular formula is C36H25Cl2N3OS. The van der Waals surface area contributed by atoms with E-state index < -0.39 is 0 Å². The van der Waals surface area contributed by atoms with Gasteiger partial charge in [0.25, 0.3) is 5.56 Å². The number of allylic oxidation sites excluding steroid dienone is 1. The van der Waals surface area contributed by atoms with Crippen LogP contribution in [0.1, 0.15) is 40.3 Å². The van der Waals surface area contributed by atoms with Gasteiger partial charge in [-0.25, -0.2) is 4.99 Å². The molecule has 0 amide bonds. The molecule has 1 aliphatic carbocycles. The Hall–Kier alpha value is -4.16. The SMILES string of the molecule is O=c1c(=Cc2cn(Cc3ccc(Cl)c(Cl)c3)c3ccccc23)sc2n1C(c1ccccc1)C1=C(N=2)c2ccccc2CC1. The van der Waals surface area contributed by atoms with E-state index in [0.717, 1.165) is 50.9 Å². The summed E-state index contributed by atoms with van der Waals surface area (Å²) in [7, 11) is 0. The van der Waals surface area contributed by atoms with Crippen LogP contribution in [0, 0.1) is 0 Å². The number of benzene rings is 4. The molecule has 4 nitrogen and oxygen atoms in total. The van der Waals surface area contributed by atoms with Crippen molar-refractivity contribution in [2.24, 2.45) is 4.99 Å². The first-order valence-electron chi connectivity index (χ1n) is 14.2. The van der Waals surface area contributed by atoms with Gasteiger partial charge in [0.05, 0.1) is 26.3 Å². The Morgan fingerprint density at radius 1 is 0.884 bits per heavy atom. The highest BCUT2D eigenvalue weighted by atomic mass is 35.5. The molecule has 1 aliphatic heterocycles. The molecule has 3 heterocycles. The second-order valence-electron chi connectivity index (χ2n) is 11.0. The van der Waals surface area contributed by atoms with Crippen molar-refractivity contribution in [3.05, 3.63) is 166 Å². The predicted octanol–water partition coefficient (Wildman–Crippen LogP) is 7.63. The highest BCUT2D eigenvalue weighted by Gasteiger charge is 2.32. The summed E-state index contributed by atoms with van der Waals surface area (Å²) in [6.45, 7) is 0.632. The fourth-order valence-corrected chi connectivity index (χ4v) is 7.77. The highest BCUT2D eigenvalue weighted by Crippen LogP contribution is 2.41. The minimum atomic E-state index is -0.182. The third-order valence-corrected chi connectivity index (χ3v) is 10.2. The Morgan fingerprint density at radius 2 is 1.67 bits per heavy atom. The number of nitrogens with zero attached hydrogens (tertiary/aromatic N) is 3. The van der Waals surface area contributed by atoms with Gasteiger partial charge in [0.15, 0.2) is 4.80 Å². The van der Waals surface area contributed by atoms with Crippen LogP contribution in [0.4, 0.5) is 0 Å². The van der Waals surface area contributed by atoms with Gasteiger partial charge in [-0.2, -0.15) is 0 Å². The Labute approximate surface area is 262 Å². The van der Waals surface area contributed by atoms with E-state index in [1.165, 1.54) is 28.0 Å². The smallest absolute Gasteiger partial charge is 0.271 e. The number of fused-ring (bicyclic) bond motifs is 4. The number of hydrogen-bond donors (Lipinski definition) is 0. The quantitative estimate of drug-likeness (QED) is 0.200. The standard InChI is InChI=1S/C36H25Cl2N3OS/c37-29-17-14-22(18-30(29)38)20-40-21-25(26-11-6-7-13-31(26)40)19-32-35(42)41-34(24-9-2-1-3-10-24)28-16-15-23-8-4-5-12-27(23)33(28)39-36(41)43-32/h1-14,17-19,21,34H,15-16,20H2. The van der Waals surface area contributed by atoms with Crippen molar-refractivity contribution >= 4 is 57.2 Å². The van der Waals surface area contributed by atoms with Gasteiger partial charge >= 0.3 is 0 Å². The molecule has 0 spiro atoms. The largest absolute Gasteiger partial charge is 0.342 e. The van der Waals surface area contributed by atoms with Crippen molar-refractivity contribution in [1.82, 2.24) is 9.13 Å². The first kappa shape index (κ1) is 26.5. The zero-order chi connectivity index (χ0) is 29.1. The molecule has 7 heteroatoms. The van der Waals surface area contributed by atoms with Gasteiger partial charge in [-0.3, -0.25) is 9.36 Å². The number of aromatic nitrogens is 2. The molecule has 6 aromatic rings. The molecule has 4 aromatic carbocycles. The molecule has 0 radical (unpaired) electrons. The third-order valence-electron chi connectivity index (χ3n) is 8.43. The molecule has 1 atom stereocenters. The van der Waals surface area contributed by atoms with Gasteiger partial charge in [-0.1, -0.05) is 113 Å². The molecule has 2 aliphatic rings. The Kier molecular flexibility index (Phi) is 6.48. The Morgan fingerprint density at radius 3 is 2.53 bits per heavy atom. The average Bonchev–Trinajstić information content (AvgIpc) is 3.54. The number of thiazole rings is 1. The van der Waals surface area contributed by atoms with E-state index in [1.807, 2.05) is 59.2 Å². The minimum absolute atomic E-state index is 0.00988. The molecule has 0 saturated carbocycles. The van der Waals surface area contributed by atoms with Crippen molar-refractivity contribution in [3.63, 3.8) is 0 Å². The molecule has 1 unspecified atom stereocenters. The third kappa shape index (κ3) is 4.51. The van der Waals surface area contributed by atoms with E-state index in [4.69, 9.17) is 28.2 Å². The Bertz CT molecular complexity index is 2280. The second-order valence-corrected chi connectivity index (χ2v) is 12.8.